The van der Waals surface area contributed by atoms with Crippen molar-refractivity contribution in [2.45, 2.75) is 6.92 Å². The van der Waals surface area contributed by atoms with E-state index in [0.717, 1.165) is 15.3 Å². The molecule has 5 heteroatoms. The topological polar surface area (TPSA) is 42.4 Å². The number of anilines is 1. The summed E-state index contributed by atoms with van der Waals surface area (Å²) in [5, 5.41) is 0.833. The van der Waals surface area contributed by atoms with E-state index in [1.54, 1.807) is 18.3 Å². The third-order valence-electron chi connectivity index (χ3n) is 2.28. The summed E-state index contributed by atoms with van der Waals surface area (Å²) in [6, 6.07) is 7.93. The lowest BCUT2D eigenvalue weighted by Crippen LogP contribution is -2.26. The molecule has 2 aromatic rings. The molecule has 2 rings (SSSR count). The van der Waals surface area contributed by atoms with Crippen LogP contribution in [-0.4, -0.2) is 31.2 Å². The van der Waals surface area contributed by atoms with Crippen molar-refractivity contribution in [3.63, 3.8) is 0 Å². The normalized spacial score (nSPS) is 10.5. The molecule has 1 aromatic carbocycles. The molecule has 0 saturated heterocycles. The predicted octanol–water partition coefficient (Wildman–Crippen LogP) is 2.30. The summed E-state index contributed by atoms with van der Waals surface area (Å²) in [5.41, 5.74) is 0.961. The van der Waals surface area contributed by atoms with E-state index in [1.165, 1.54) is 0 Å². The van der Waals surface area contributed by atoms with Gasteiger partial charge in [-0.15, -0.1) is 0 Å². The standard InChI is InChI=1S/C12H14N2O2S/c1-3-16-11(15)8-14(2)12-13-9-6-4-5-7-10(9)17-12/h4-7H,3,8H2,1-2H3. The summed E-state index contributed by atoms with van der Waals surface area (Å²) < 4.78 is 6.03. The van der Waals surface area contributed by atoms with Gasteiger partial charge in [0.15, 0.2) is 5.13 Å². The Labute approximate surface area is 104 Å². The van der Waals surface area contributed by atoms with Gasteiger partial charge in [0.1, 0.15) is 6.54 Å². The highest BCUT2D eigenvalue weighted by molar-refractivity contribution is 7.22. The summed E-state index contributed by atoms with van der Waals surface area (Å²) in [5.74, 6) is -0.228. The Balaban J connectivity index is 2.13. The highest BCUT2D eigenvalue weighted by Gasteiger charge is 2.12. The number of carbonyl (C=O) groups is 1. The van der Waals surface area contributed by atoms with Crippen molar-refractivity contribution in [1.29, 1.82) is 0 Å². The van der Waals surface area contributed by atoms with Crippen molar-refractivity contribution in [2.24, 2.45) is 0 Å². The first-order chi connectivity index (χ1) is 8.20. The number of hydrogen-bond acceptors (Lipinski definition) is 5. The molecule has 90 valence electrons. The van der Waals surface area contributed by atoms with Crippen LogP contribution >= 0.6 is 11.3 Å². The van der Waals surface area contributed by atoms with Crippen LogP contribution in [0.15, 0.2) is 24.3 Å². The lowest BCUT2D eigenvalue weighted by molar-refractivity contribution is -0.141. The van der Waals surface area contributed by atoms with Gasteiger partial charge in [-0.05, 0) is 19.1 Å². The number of fused-ring (bicyclic) bond motifs is 1. The second-order valence-electron chi connectivity index (χ2n) is 3.63. The van der Waals surface area contributed by atoms with Gasteiger partial charge in [0.2, 0.25) is 0 Å². The number of esters is 1. The van der Waals surface area contributed by atoms with Crippen LogP contribution in [-0.2, 0) is 9.53 Å². The number of para-hydroxylation sites is 1. The minimum absolute atomic E-state index is 0.228. The second-order valence-corrected chi connectivity index (χ2v) is 4.63. The second kappa shape index (κ2) is 5.14. The summed E-state index contributed by atoms with van der Waals surface area (Å²) in [6.45, 7) is 2.44. The molecular formula is C12H14N2O2S. The van der Waals surface area contributed by atoms with E-state index in [4.69, 9.17) is 4.74 Å². The molecule has 4 nitrogen and oxygen atoms in total. The van der Waals surface area contributed by atoms with Gasteiger partial charge in [-0.3, -0.25) is 4.79 Å². The summed E-state index contributed by atoms with van der Waals surface area (Å²) in [7, 11) is 1.84. The molecule has 0 atom stereocenters. The van der Waals surface area contributed by atoms with Crippen LogP contribution in [0.2, 0.25) is 0 Å². The number of nitrogens with zero attached hydrogens (tertiary/aromatic N) is 2. The molecule has 0 saturated carbocycles. The fourth-order valence-corrected chi connectivity index (χ4v) is 2.42. The van der Waals surface area contributed by atoms with Crippen LogP contribution in [0.1, 0.15) is 6.92 Å². The number of ether oxygens (including phenoxy) is 1. The smallest absolute Gasteiger partial charge is 0.325 e. The van der Waals surface area contributed by atoms with Crippen LogP contribution in [0, 0.1) is 0 Å². The fraction of sp³-hybridized carbons (Fsp3) is 0.333. The molecule has 17 heavy (non-hydrogen) atoms. The van der Waals surface area contributed by atoms with Gasteiger partial charge in [0, 0.05) is 7.05 Å². The van der Waals surface area contributed by atoms with E-state index < -0.39 is 0 Å². The highest BCUT2D eigenvalue weighted by Crippen LogP contribution is 2.27. The molecular weight excluding hydrogens is 236 g/mol. The maximum atomic E-state index is 11.4. The monoisotopic (exact) mass is 250 g/mol. The van der Waals surface area contributed by atoms with Crippen molar-refractivity contribution in [1.82, 2.24) is 4.98 Å². The van der Waals surface area contributed by atoms with Crippen LogP contribution in [0.5, 0.6) is 0 Å². The van der Waals surface area contributed by atoms with E-state index >= 15 is 0 Å². The molecule has 0 N–H and O–H groups in total. The summed E-state index contributed by atoms with van der Waals surface area (Å²) in [6.07, 6.45) is 0. The average molecular weight is 250 g/mol. The quantitative estimate of drug-likeness (QED) is 0.781. The van der Waals surface area contributed by atoms with E-state index in [0.29, 0.717) is 6.61 Å². The van der Waals surface area contributed by atoms with Crippen molar-refractivity contribution in [2.75, 3.05) is 25.1 Å². The van der Waals surface area contributed by atoms with Gasteiger partial charge in [0.05, 0.1) is 16.8 Å². The minimum atomic E-state index is -0.228. The van der Waals surface area contributed by atoms with Crippen molar-refractivity contribution < 1.29 is 9.53 Å². The molecule has 0 amide bonds. The number of benzene rings is 1. The molecule has 0 spiro atoms. The SMILES string of the molecule is CCOC(=O)CN(C)c1nc2ccccc2s1. The molecule has 0 aliphatic rings. The lowest BCUT2D eigenvalue weighted by atomic mass is 10.3. The summed E-state index contributed by atoms with van der Waals surface area (Å²) in [4.78, 5) is 17.6. The Hall–Kier alpha value is -1.62. The van der Waals surface area contributed by atoms with Gasteiger partial charge in [-0.25, -0.2) is 4.98 Å². The van der Waals surface area contributed by atoms with Crippen LogP contribution < -0.4 is 4.90 Å². The molecule has 1 heterocycles. The number of hydrogen-bond donors (Lipinski definition) is 0. The maximum Gasteiger partial charge on any atom is 0.325 e. The Morgan fingerprint density at radius 1 is 1.47 bits per heavy atom. The van der Waals surface area contributed by atoms with E-state index in [-0.39, 0.29) is 12.5 Å². The summed E-state index contributed by atoms with van der Waals surface area (Å²) >= 11 is 1.57. The Morgan fingerprint density at radius 3 is 2.94 bits per heavy atom. The molecule has 0 aliphatic carbocycles. The number of rotatable bonds is 4. The third-order valence-corrected chi connectivity index (χ3v) is 3.43. The number of likely N-dealkylation sites (N-methyl/N-ethyl adjacent to an activating group) is 1. The highest BCUT2D eigenvalue weighted by atomic mass is 32.1. The Morgan fingerprint density at radius 2 is 2.24 bits per heavy atom. The zero-order chi connectivity index (χ0) is 12.3. The van der Waals surface area contributed by atoms with Crippen molar-refractivity contribution in [3.05, 3.63) is 24.3 Å². The Kier molecular flexibility index (Phi) is 3.58. The van der Waals surface area contributed by atoms with Crippen molar-refractivity contribution >= 4 is 32.7 Å². The third kappa shape index (κ3) is 2.74. The van der Waals surface area contributed by atoms with Crippen LogP contribution in [0.25, 0.3) is 10.2 Å². The van der Waals surface area contributed by atoms with Crippen LogP contribution in [0.4, 0.5) is 5.13 Å². The number of carbonyl (C=O) groups excluding carboxylic acids is 1. The molecule has 0 fully saturated rings. The van der Waals surface area contributed by atoms with Gasteiger partial charge in [-0.1, -0.05) is 23.5 Å². The largest absolute Gasteiger partial charge is 0.465 e. The van der Waals surface area contributed by atoms with E-state index in [9.17, 15) is 4.79 Å². The fourth-order valence-electron chi connectivity index (χ4n) is 1.49. The zero-order valence-corrected chi connectivity index (χ0v) is 10.7. The lowest BCUT2D eigenvalue weighted by Gasteiger charge is -2.13. The van der Waals surface area contributed by atoms with Gasteiger partial charge < -0.3 is 9.64 Å². The first-order valence-corrected chi connectivity index (χ1v) is 6.24. The first-order valence-electron chi connectivity index (χ1n) is 5.43. The van der Waals surface area contributed by atoms with Crippen LogP contribution in [0.3, 0.4) is 0 Å². The number of aromatic nitrogens is 1. The molecule has 0 aliphatic heterocycles. The zero-order valence-electron chi connectivity index (χ0n) is 9.84. The average Bonchev–Trinajstić information content (AvgIpc) is 2.72. The molecule has 0 radical (unpaired) electrons. The molecule has 0 bridgehead atoms. The molecule has 0 unspecified atom stereocenters. The molecule has 1 aromatic heterocycles. The van der Waals surface area contributed by atoms with E-state index in [2.05, 4.69) is 4.98 Å². The Bertz CT molecular complexity index is 491. The first kappa shape index (κ1) is 11.9. The van der Waals surface area contributed by atoms with E-state index in [1.807, 2.05) is 36.2 Å². The maximum absolute atomic E-state index is 11.4. The predicted molar refractivity (Wildman–Crippen MR) is 69.5 cm³/mol. The minimum Gasteiger partial charge on any atom is -0.465 e. The van der Waals surface area contributed by atoms with Gasteiger partial charge in [0.25, 0.3) is 0 Å². The van der Waals surface area contributed by atoms with Gasteiger partial charge in [-0.2, -0.15) is 0 Å². The number of thiazole rings is 1. The van der Waals surface area contributed by atoms with Crippen molar-refractivity contribution in [3.8, 4) is 0 Å². The van der Waals surface area contributed by atoms with Gasteiger partial charge >= 0.3 is 5.97 Å².